The van der Waals surface area contributed by atoms with Crippen molar-refractivity contribution in [1.29, 1.82) is 0 Å². The normalized spacial score (nSPS) is 10.9. The van der Waals surface area contributed by atoms with E-state index in [9.17, 15) is 4.79 Å². The van der Waals surface area contributed by atoms with Gasteiger partial charge in [-0.15, -0.1) is 11.3 Å². The van der Waals surface area contributed by atoms with Crippen LogP contribution in [0.2, 0.25) is 0 Å². The van der Waals surface area contributed by atoms with Gasteiger partial charge in [0.05, 0.1) is 23.4 Å². The molecule has 0 saturated carbocycles. The highest BCUT2D eigenvalue weighted by Gasteiger charge is 2.12. The number of rotatable bonds is 6. The number of carbonyl (C=O) groups is 1. The van der Waals surface area contributed by atoms with Crippen LogP contribution in [-0.4, -0.2) is 17.5 Å². The van der Waals surface area contributed by atoms with Gasteiger partial charge in [-0.25, -0.2) is 4.98 Å². The molecule has 0 fully saturated rings. The van der Waals surface area contributed by atoms with E-state index in [0.29, 0.717) is 30.2 Å². The fourth-order valence-electron chi connectivity index (χ4n) is 2.70. The van der Waals surface area contributed by atoms with Crippen LogP contribution in [0.1, 0.15) is 23.0 Å². The van der Waals surface area contributed by atoms with E-state index in [2.05, 4.69) is 10.3 Å². The zero-order chi connectivity index (χ0) is 18.6. The number of furan rings is 1. The van der Waals surface area contributed by atoms with E-state index < -0.39 is 0 Å². The van der Waals surface area contributed by atoms with Crippen LogP contribution < -0.4 is 10.1 Å². The number of fused-ring (bicyclic) bond motifs is 1. The van der Waals surface area contributed by atoms with Gasteiger partial charge in [-0.1, -0.05) is 12.1 Å². The van der Waals surface area contributed by atoms with Crippen molar-refractivity contribution in [3.05, 3.63) is 72.0 Å². The number of hydrogen-bond acceptors (Lipinski definition) is 5. The molecule has 0 aliphatic heterocycles. The van der Waals surface area contributed by atoms with Crippen LogP contribution in [0.5, 0.6) is 5.75 Å². The van der Waals surface area contributed by atoms with Gasteiger partial charge in [0.2, 0.25) is 0 Å². The Morgan fingerprint density at radius 2 is 1.93 bits per heavy atom. The molecule has 1 amide bonds. The van der Waals surface area contributed by atoms with Crippen molar-refractivity contribution in [2.45, 2.75) is 13.5 Å². The monoisotopic (exact) mass is 378 g/mol. The highest BCUT2D eigenvalue weighted by atomic mass is 32.1. The van der Waals surface area contributed by atoms with Crippen molar-refractivity contribution in [2.75, 3.05) is 6.61 Å². The molecule has 27 heavy (non-hydrogen) atoms. The fraction of sp³-hybridized carbons (Fsp3) is 0.143. The lowest BCUT2D eigenvalue weighted by Crippen LogP contribution is -2.22. The molecule has 6 heteroatoms. The highest BCUT2D eigenvalue weighted by Crippen LogP contribution is 2.31. The Balaban J connectivity index is 1.41. The third-order valence-corrected chi connectivity index (χ3v) is 5.07. The van der Waals surface area contributed by atoms with Crippen LogP contribution >= 0.6 is 11.3 Å². The Morgan fingerprint density at radius 1 is 1.11 bits per heavy atom. The summed E-state index contributed by atoms with van der Waals surface area (Å²) in [4.78, 5) is 16.9. The van der Waals surface area contributed by atoms with Crippen molar-refractivity contribution >= 4 is 27.5 Å². The van der Waals surface area contributed by atoms with Gasteiger partial charge in [0, 0.05) is 5.56 Å². The first-order valence-corrected chi connectivity index (χ1v) is 9.50. The van der Waals surface area contributed by atoms with Gasteiger partial charge >= 0.3 is 0 Å². The quantitative estimate of drug-likeness (QED) is 0.519. The molecule has 0 spiro atoms. The second-order valence-electron chi connectivity index (χ2n) is 5.89. The third kappa shape index (κ3) is 3.85. The van der Waals surface area contributed by atoms with Crippen molar-refractivity contribution < 1.29 is 13.9 Å². The molecule has 0 aliphatic rings. The van der Waals surface area contributed by atoms with Crippen LogP contribution in [0.3, 0.4) is 0 Å². The Kier molecular flexibility index (Phi) is 4.89. The minimum Gasteiger partial charge on any atom is -0.494 e. The summed E-state index contributed by atoms with van der Waals surface area (Å²) in [6.45, 7) is 2.84. The Bertz CT molecular complexity index is 1030. The maximum atomic E-state index is 12.3. The molecule has 0 unspecified atom stereocenters. The summed E-state index contributed by atoms with van der Waals surface area (Å²) < 4.78 is 12.4. The maximum absolute atomic E-state index is 12.3. The molecule has 2 aromatic carbocycles. The second-order valence-corrected chi connectivity index (χ2v) is 6.92. The summed E-state index contributed by atoms with van der Waals surface area (Å²) in [6, 6.07) is 18.8. The number of aromatic nitrogens is 1. The van der Waals surface area contributed by atoms with Crippen LogP contribution in [-0.2, 0) is 6.54 Å². The Labute approximate surface area is 160 Å². The van der Waals surface area contributed by atoms with Gasteiger partial charge in [0.1, 0.15) is 11.5 Å². The summed E-state index contributed by atoms with van der Waals surface area (Å²) in [5.41, 5.74) is 1.54. The lowest BCUT2D eigenvalue weighted by molar-refractivity contribution is 0.0948. The third-order valence-electron chi connectivity index (χ3n) is 4.02. The van der Waals surface area contributed by atoms with E-state index >= 15 is 0 Å². The van der Waals surface area contributed by atoms with E-state index in [0.717, 1.165) is 21.0 Å². The average molecular weight is 378 g/mol. The first-order valence-electron chi connectivity index (χ1n) is 8.68. The van der Waals surface area contributed by atoms with Gasteiger partial charge in [-0.3, -0.25) is 4.79 Å². The van der Waals surface area contributed by atoms with Crippen molar-refractivity contribution in [1.82, 2.24) is 10.3 Å². The number of nitrogens with one attached hydrogen (secondary N) is 1. The summed E-state index contributed by atoms with van der Waals surface area (Å²) in [7, 11) is 0. The van der Waals surface area contributed by atoms with E-state index in [1.807, 2.05) is 43.3 Å². The molecular weight excluding hydrogens is 360 g/mol. The Morgan fingerprint density at radius 3 is 2.70 bits per heavy atom. The number of benzene rings is 2. The first-order chi connectivity index (χ1) is 13.2. The molecule has 1 N–H and O–H groups in total. The summed E-state index contributed by atoms with van der Waals surface area (Å²) in [5.74, 6) is 1.99. The number of amides is 1. The summed E-state index contributed by atoms with van der Waals surface area (Å²) >= 11 is 1.59. The summed E-state index contributed by atoms with van der Waals surface area (Å²) in [6.07, 6.45) is 0. The van der Waals surface area contributed by atoms with Gasteiger partial charge in [0.25, 0.3) is 5.91 Å². The zero-order valence-electron chi connectivity index (χ0n) is 14.8. The lowest BCUT2D eigenvalue weighted by Gasteiger charge is -2.05. The lowest BCUT2D eigenvalue weighted by atomic mass is 10.2. The number of hydrogen-bond donors (Lipinski definition) is 1. The van der Waals surface area contributed by atoms with Crippen molar-refractivity contribution in [3.8, 4) is 16.5 Å². The standard InChI is InChI=1S/C21H18N2O3S/c1-2-25-15-9-7-14(8-10-15)20(24)22-13-16-11-12-18(26-16)21-23-17-5-3-4-6-19(17)27-21/h3-12H,2,13H2,1H3,(H,22,24). The van der Waals surface area contributed by atoms with Gasteiger partial charge in [-0.05, 0) is 55.5 Å². The number of nitrogens with zero attached hydrogens (tertiary/aromatic N) is 1. The summed E-state index contributed by atoms with van der Waals surface area (Å²) in [5, 5.41) is 3.70. The van der Waals surface area contributed by atoms with E-state index in [-0.39, 0.29) is 5.91 Å². The Hall–Kier alpha value is -3.12. The number of ether oxygens (including phenoxy) is 1. The fourth-order valence-corrected chi connectivity index (χ4v) is 3.63. The van der Waals surface area contributed by atoms with Crippen LogP contribution in [0.25, 0.3) is 21.0 Å². The molecule has 0 saturated heterocycles. The molecule has 0 atom stereocenters. The van der Waals surface area contributed by atoms with Gasteiger partial charge in [-0.2, -0.15) is 0 Å². The molecule has 0 bridgehead atoms. The van der Waals surface area contributed by atoms with Crippen molar-refractivity contribution in [3.63, 3.8) is 0 Å². The highest BCUT2D eigenvalue weighted by molar-refractivity contribution is 7.21. The smallest absolute Gasteiger partial charge is 0.251 e. The first kappa shape index (κ1) is 17.3. The number of thiazole rings is 1. The largest absolute Gasteiger partial charge is 0.494 e. The van der Waals surface area contributed by atoms with Gasteiger partial charge in [0.15, 0.2) is 10.8 Å². The number of carbonyl (C=O) groups excluding carboxylic acids is 1. The molecule has 4 rings (SSSR count). The minimum atomic E-state index is -0.156. The molecule has 0 aliphatic carbocycles. The van der Waals surface area contributed by atoms with Crippen LogP contribution in [0.15, 0.2) is 65.1 Å². The second kappa shape index (κ2) is 7.63. The van der Waals surface area contributed by atoms with E-state index in [4.69, 9.17) is 9.15 Å². The van der Waals surface area contributed by atoms with Crippen molar-refractivity contribution in [2.24, 2.45) is 0 Å². The predicted octanol–water partition coefficient (Wildman–Crippen LogP) is 4.89. The van der Waals surface area contributed by atoms with Gasteiger partial charge < -0.3 is 14.5 Å². The van der Waals surface area contributed by atoms with Crippen LogP contribution in [0.4, 0.5) is 0 Å². The topological polar surface area (TPSA) is 64.4 Å². The molecule has 136 valence electrons. The number of para-hydroxylation sites is 1. The predicted molar refractivity (Wildman–Crippen MR) is 106 cm³/mol. The molecule has 0 radical (unpaired) electrons. The average Bonchev–Trinajstić information content (AvgIpc) is 3.33. The molecule has 5 nitrogen and oxygen atoms in total. The van der Waals surface area contributed by atoms with Crippen LogP contribution in [0, 0.1) is 0 Å². The maximum Gasteiger partial charge on any atom is 0.251 e. The molecule has 2 aromatic heterocycles. The molecule has 4 aromatic rings. The molecular formula is C21H18N2O3S. The minimum absolute atomic E-state index is 0.156. The zero-order valence-corrected chi connectivity index (χ0v) is 15.6. The van der Waals surface area contributed by atoms with E-state index in [1.54, 1.807) is 35.6 Å². The molecule has 2 heterocycles. The SMILES string of the molecule is CCOc1ccc(C(=O)NCc2ccc(-c3nc4ccccc4s3)o2)cc1. The van der Waals surface area contributed by atoms with E-state index in [1.165, 1.54) is 0 Å².